The Hall–Kier alpha value is -0.540. The van der Waals surface area contributed by atoms with Gasteiger partial charge in [0.15, 0.2) is 0 Å². The third-order valence-electron chi connectivity index (χ3n) is 2.06. The summed E-state index contributed by atoms with van der Waals surface area (Å²) in [6.07, 6.45) is 0. The molecule has 0 aliphatic rings. The molecule has 0 saturated heterocycles. The number of halogens is 2. The van der Waals surface area contributed by atoms with E-state index in [2.05, 4.69) is 21.2 Å². The number of alkyl halides is 1. The largest absolute Gasteiger partial charge is 0.351 e. The van der Waals surface area contributed by atoms with Gasteiger partial charge >= 0.3 is 0 Å². The molecule has 0 aromatic heterocycles. The van der Waals surface area contributed by atoms with Gasteiger partial charge in [0.05, 0.1) is 0 Å². The van der Waals surface area contributed by atoms with Crippen molar-refractivity contribution < 1.29 is 4.79 Å². The van der Waals surface area contributed by atoms with Crippen molar-refractivity contribution in [2.24, 2.45) is 0 Å². The second-order valence-electron chi connectivity index (χ2n) is 3.40. The average molecular weight is 291 g/mol. The van der Waals surface area contributed by atoms with E-state index in [0.717, 1.165) is 5.56 Å². The van der Waals surface area contributed by atoms with Crippen LogP contribution >= 0.6 is 27.5 Å². The van der Waals surface area contributed by atoms with Crippen LogP contribution in [0.15, 0.2) is 18.2 Å². The van der Waals surface area contributed by atoms with E-state index in [4.69, 9.17) is 11.6 Å². The van der Waals surface area contributed by atoms with Crippen LogP contribution in [0.4, 0.5) is 0 Å². The van der Waals surface area contributed by atoms with Gasteiger partial charge in [-0.3, -0.25) is 4.79 Å². The normalized spacial score (nSPS) is 12.3. The van der Waals surface area contributed by atoms with Crippen LogP contribution in [-0.4, -0.2) is 17.3 Å². The minimum atomic E-state index is -0.0821. The Kier molecular flexibility index (Phi) is 4.61. The predicted molar refractivity (Wildman–Crippen MR) is 66.9 cm³/mol. The van der Waals surface area contributed by atoms with Gasteiger partial charge in [0.25, 0.3) is 5.91 Å². The number of hydrogen-bond acceptors (Lipinski definition) is 1. The second-order valence-corrected chi connectivity index (χ2v) is 5.37. The maximum atomic E-state index is 11.7. The Morgan fingerprint density at radius 1 is 1.60 bits per heavy atom. The van der Waals surface area contributed by atoms with Crippen molar-refractivity contribution >= 4 is 33.4 Å². The molecule has 1 aromatic carbocycles. The first-order valence-electron chi connectivity index (χ1n) is 4.69. The van der Waals surface area contributed by atoms with Crippen molar-refractivity contribution in [3.8, 4) is 0 Å². The molecule has 82 valence electrons. The quantitative estimate of drug-likeness (QED) is 0.851. The fraction of sp³-hybridized carbons (Fsp3) is 0.364. The Bertz CT molecular complexity index is 366. The molecule has 0 aliphatic heterocycles. The lowest BCUT2D eigenvalue weighted by Crippen LogP contribution is -2.28. The van der Waals surface area contributed by atoms with Gasteiger partial charge in [0, 0.05) is 22.0 Å². The van der Waals surface area contributed by atoms with Gasteiger partial charge in [-0.2, -0.15) is 0 Å². The van der Waals surface area contributed by atoms with E-state index in [0.29, 0.717) is 17.1 Å². The highest BCUT2D eigenvalue weighted by atomic mass is 79.9. The molecule has 1 aromatic rings. The zero-order valence-corrected chi connectivity index (χ0v) is 11.0. The summed E-state index contributed by atoms with van der Waals surface area (Å²) < 4.78 is 0. The van der Waals surface area contributed by atoms with Crippen LogP contribution in [0.2, 0.25) is 5.02 Å². The Labute approximate surface area is 103 Å². The molecule has 1 unspecified atom stereocenters. The van der Waals surface area contributed by atoms with Crippen LogP contribution in [0.1, 0.15) is 22.8 Å². The summed E-state index contributed by atoms with van der Waals surface area (Å²) in [5.41, 5.74) is 1.45. The smallest absolute Gasteiger partial charge is 0.251 e. The van der Waals surface area contributed by atoms with Gasteiger partial charge in [-0.1, -0.05) is 40.5 Å². The number of nitrogens with one attached hydrogen (secondary N) is 1. The molecule has 0 radical (unpaired) electrons. The van der Waals surface area contributed by atoms with Gasteiger partial charge in [-0.05, 0) is 24.6 Å². The first-order valence-corrected chi connectivity index (χ1v) is 5.99. The maximum absolute atomic E-state index is 11.7. The molecule has 0 fully saturated rings. The minimum absolute atomic E-state index is 0.0821. The molecular formula is C11H13BrClNO. The molecule has 4 heteroatoms. The van der Waals surface area contributed by atoms with Gasteiger partial charge in [-0.25, -0.2) is 0 Å². The number of carbonyl (C=O) groups excluding carboxylic acids is 1. The molecule has 1 atom stereocenters. The lowest BCUT2D eigenvalue weighted by Gasteiger charge is -2.09. The van der Waals surface area contributed by atoms with E-state index in [-0.39, 0.29) is 10.7 Å². The number of hydrogen-bond donors (Lipinski definition) is 1. The monoisotopic (exact) mass is 289 g/mol. The maximum Gasteiger partial charge on any atom is 0.251 e. The third kappa shape index (κ3) is 3.50. The Morgan fingerprint density at radius 2 is 2.27 bits per heavy atom. The summed E-state index contributed by atoms with van der Waals surface area (Å²) in [4.78, 5) is 12.0. The highest BCUT2D eigenvalue weighted by Crippen LogP contribution is 2.18. The summed E-state index contributed by atoms with van der Waals surface area (Å²) in [5.74, 6) is -0.0821. The zero-order chi connectivity index (χ0) is 11.4. The van der Waals surface area contributed by atoms with Crippen LogP contribution in [0.25, 0.3) is 0 Å². The van der Waals surface area contributed by atoms with Crippen molar-refractivity contribution in [3.05, 3.63) is 34.3 Å². The molecule has 1 rings (SSSR count). The molecule has 2 nitrogen and oxygen atoms in total. The van der Waals surface area contributed by atoms with E-state index in [1.54, 1.807) is 18.2 Å². The van der Waals surface area contributed by atoms with E-state index in [1.807, 2.05) is 13.8 Å². The summed E-state index contributed by atoms with van der Waals surface area (Å²) in [6.45, 7) is 4.42. The summed E-state index contributed by atoms with van der Waals surface area (Å²) >= 11 is 9.30. The highest BCUT2D eigenvalue weighted by molar-refractivity contribution is 9.09. The molecule has 0 spiro atoms. The molecule has 0 heterocycles. The highest BCUT2D eigenvalue weighted by Gasteiger charge is 2.10. The average Bonchev–Trinajstić information content (AvgIpc) is 2.18. The number of amides is 1. The zero-order valence-electron chi connectivity index (χ0n) is 8.68. The Morgan fingerprint density at radius 3 is 2.87 bits per heavy atom. The number of rotatable bonds is 3. The van der Waals surface area contributed by atoms with Crippen molar-refractivity contribution in [1.82, 2.24) is 5.32 Å². The molecule has 15 heavy (non-hydrogen) atoms. The topological polar surface area (TPSA) is 29.1 Å². The fourth-order valence-corrected chi connectivity index (χ4v) is 1.52. The summed E-state index contributed by atoms with van der Waals surface area (Å²) in [5, 5.41) is 3.44. The number of benzene rings is 1. The molecule has 0 saturated carbocycles. The van der Waals surface area contributed by atoms with Crippen LogP contribution in [0.5, 0.6) is 0 Å². The lowest BCUT2D eigenvalue weighted by molar-refractivity contribution is 0.0953. The van der Waals surface area contributed by atoms with E-state index < -0.39 is 0 Å². The van der Waals surface area contributed by atoms with Gasteiger partial charge in [0.2, 0.25) is 0 Å². The van der Waals surface area contributed by atoms with E-state index >= 15 is 0 Å². The van der Waals surface area contributed by atoms with Crippen LogP contribution in [0, 0.1) is 6.92 Å². The molecular weight excluding hydrogens is 277 g/mol. The first-order chi connectivity index (χ1) is 7.02. The predicted octanol–water partition coefficient (Wildman–Crippen LogP) is 3.16. The second kappa shape index (κ2) is 5.52. The van der Waals surface area contributed by atoms with Crippen molar-refractivity contribution in [2.45, 2.75) is 18.7 Å². The lowest BCUT2D eigenvalue weighted by atomic mass is 10.1. The first kappa shape index (κ1) is 12.5. The standard InChI is InChI=1S/C11H13BrClNO/c1-7(12)6-14-11(15)9-4-3-5-10(13)8(9)2/h3-5,7H,6H2,1-2H3,(H,14,15). The fourth-order valence-electron chi connectivity index (χ4n) is 1.18. The molecule has 0 aliphatic carbocycles. The van der Waals surface area contributed by atoms with Crippen molar-refractivity contribution in [3.63, 3.8) is 0 Å². The van der Waals surface area contributed by atoms with Crippen LogP contribution in [0.3, 0.4) is 0 Å². The third-order valence-corrected chi connectivity index (χ3v) is 2.79. The summed E-state index contributed by atoms with van der Waals surface area (Å²) in [7, 11) is 0. The van der Waals surface area contributed by atoms with E-state index in [9.17, 15) is 4.79 Å². The van der Waals surface area contributed by atoms with Gasteiger partial charge in [0.1, 0.15) is 0 Å². The number of carbonyl (C=O) groups is 1. The van der Waals surface area contributed by atoms with Gasteiger partial charge in [-0.15, -0.1) is 0 Å². The summed E-state index contributed by atoms with van der Waals surface area (Å²) in [6, 6.07) is 5.33. The van der Waals surface area contributed by atoms with Crippen molar-refractivity contribution in [2.75, 3.05) is 6.54 Å². The molecule has 1 N–H and O–H groups in total. The SMILES string of the molecule is Cc1c(Cl)cccc1C(=O)NCC(C)Br. The minimum Gasteiger partial charge on any atom is -0.351 e. The van der Waals surface area contributed by atoms with E-state index in [1.165, 1.54) is 0 Å². The Balaban J connectivity index is 2.78. The molecule has 1 amide bonds. The van der Waals surface area contributed by atoms with Crippen molar-refractivity contribution in [1.29, 1.82) is 0 Å². The van der Waals surface area contributed by atoms with Crippen LogP contribution < -0.4 is 5.32 Å². The molecule has 0 bridgehead atoms. The van der Waals surface area contributed by atoms with Gasteiger partial charge < -0.3 is 5.32 Å². The van der Waals surface area contributed by atoms with Crippen LogP contribution in [-0.2, 0) is 0 Å².